The highest BCUT2D eigenvalue weighted by atomic mass is 16.3. The zero-order valence-corrected chi connectivity index (χ0v) is 6.78. The Bertz CT molecular complexity index is 244. The zero-order valence-electron chi connectivity index (χ0n) is 6.78. The van der Waals surface area contributed by atoms with Gasteiger partial charge in [0.25, 0.3) is 0 Å². The number of hydrogen-bond donors (Lipinski definition) is 2. The molecule has 1 aromatic heterocycles. The summed E-state index contributed by atoms with van der Waals surface area (Å²) in [6.07, 6.45) is 1.83. The predicted molar refractivity (Wildman–Crippen MR) is 42.0 cm³/mol. The van der Waals surface area contributed by atoms with Crippen LogP contribution in [0.4, 0.5) is 0 Å². The molecule has 3 N–H and O–H groups in total. The van der Waals surface area contributed by atoms with E-state index in [1.807, 2.05) is 20.2 Å². The number of aliphatic hydroxyl groups is 1. The van der Waals surface area contributed by atoms with Crippen molar-refractivity contribution >= 4 is 0 Å². The molecule has 11 heavy (non-hydrogen) atoms. The van der Waals surface area contributed by atoms with Crippen LogP contribution in [0.2, 0.25) is 0 Å². The lowest BCUT2D eigenvalue weighted by molar-refractivity contribution is 0.267. The summed E-state index contributed by atoms with van der Waals surface area (Å²) in [4.78, 5) is 0. The van der Waals surface area contributed by atoms with E-state index in [9.17, 15) is 0 Å². The van der Waals surface area contributed by atoms with Gasteiger partial charge >= 0.3 is 0 Å². The largest absolute Gasteiger partial charge is 0.394 e. The Balaban J connectivity index is 2.93. The van der Waals surface area contributed by atoms with Crippen LogP contribution < -0.4 is 5.73 Å². The lowest BCUT2D eigenvalue weighted by Crippen LogP contribution is -2.14. The van der Waals surface area contributed by atoms with Crippen molar-refractivity contribution in [2.75, 3.05) is 6.61 Å². The van der Waals surface area contributed by atoms with Crippen molar-refractivity contribution in [1.82, 2.24) is 9.78 Å². The molecular formula is C7H13N3O. The van der Waals surface area contributed by atoms with E-state index < -0.39 is 0 Å². The second kappa shape index (κ2) is 3.02. The van der Waals surface area contributed by atoms with E-state index in [1.165, 1.54) is 0 Å². The monoisotopic (exact) mass is 155 g/mol. The van der Waals surface area contributed by atoms with Crippen LogP contribution in [0, 0.1) is 6.92 Å². The van der Waals surface area contributed by atoms with Crippen LogP contribution in [0.5, 0.6) is 0 Å². The van der Waals surface area contributed by atoms with Gasteiger partial charge in [0.05, 0.1) is 18.3 Å². The quantitative estimate of drug-likeness (QED) is 0.617. The molecule has 0 radical (unpaired) electrons. The Labute approximate surface area is 65.6 Å². The van der Waals surface area contributed by atoms with Crippen LogP contribution in [-0.2, 0) is 7.05 Å². The molecule has 1 aromatic rings. The van der Waals surface area contributed by atoms with Crippen molar-refractivity contribution in [3.8, 4) is 0 Å². The van der Waals surface area contributed by atoms with Gasteiger partial charge in [0.1, 0.15) is 0 Å². The third-order valence-corrected chi connectivity index (χ3v) is 1.65. The Kier molecular flexibility index (Phi) is 2.26. The maximum atomic E-state index is 8.76. The maximum absolute atomic E-state index is 8.76. The molecule has 4 nitrogen and oxygen atoms in total. The molecule has 0 saturated carbocycles. The molecule has 1 atom stereocenters. The first-order valence-corrected chi connectivity index (χ1v) is 3.51. The highest BCUT2D eigenvalue weighted by Gasteiger charge is 2.09. The smallest absolute Gasteiger partial charge is 0.0642 e. The Morgan fingerprint density at radius 1 is 1.82 bits per heavy atom. The Morgan fingerprint density at radius 2 is 2.45 bits per heavy atom. The van der Waals surface area contributed by atoms with Crippen molar-refractivity contribution < 1.29 is 5.11 Å². The highest BCUT2D eigenvalue weighted by molar-refractivity contribution is 5.19. The van der Waals surface area contributed by atoms with E-state index in [-0.39, 0.29) is 12.6 Å². The SMILES string of the molecule is Cc1nn(C)cc1[C@H](N)CO. The summed E-state index contributed by atoms with van der Waals surface area (Å²) in [7, 11) is 1.83. The fourth-order valence-electron chi connectivity index (χ4n) is 1.08. The van der Waals surface area contributed by atoms with E-state index in [2.05, 4.69) is 5.10 Å². The molecular weight excluding hydrogens is 142 g/mol. The Morgan fingerprint density at radius 3 is 2.82 bits per heavy atom. The van der Waals surface area contributed by atoms with Gasteiger partial charge in [-0.3, -0.25) is 4.68 Å². The van der Waals surface area contributed by atoms with Crippen molar-refractivity contribution in [2.45, 2.75) is 13.0 Å². The number of nitrogens with zero attached hydrogens (tertiary/aromatic N) is 2. The highest BCUT2D eigenvalue weighted by Crippen LogP contribution is 2.12. The van der Waals surface area contributed by atoms with Gasteiger partial charge in [0, 0.05) is 18.8 Å². The molecule has 0 aliphatic heterocycles. The topological polar surface area (TPSA) is 64.1 Å². The minimum atomic E-state index is -0.302. The molecule has 0 saturated heterocycles. The van der Waals surface area contributed by atoms with Gasteiger partial charge < -0.3 is 10.8 Å². The van der Waals surface area contributed by atoms with Crippen LogP contribution in [0.3, 0.4) is 0 Å². The molecule has 0 fully saturated rings. The van der Waals surface area contributed by atoms with Crippen LogP contribution in [-0.4, -0.2) is 21.5 Å². The summed E-state index contributed by atoms with van der Waals surface area (Å²) in [6.45, 7) is 1.84. The number of aliphatic hydroxyl groups excluding tert-OH is 1. The van der Waals surface area contributed by atoms with Gasteiger partial charge in [-0.1, -0.05) is 0 Å². The molecule has 0 aromatic carbocycles. The average Bonchev–Trinajstić information content (AvgIpc) is 2.28. The summed E-state index contributed by atoms with van der Waals surface area (Å²) in [5.74, 6) is 0. The predicted octanol–water partition coefficient (Wildman–Crippen LogP) is -0.279. The van der Waals surface area contributed by atoms with Crippen LogP contribution >= 0.6 is 0 Å². The molecule has 0 spiro atoms. The number of rotatable bonds is 2. The standard InChI is InChI=1S/C7H13N3O/c1-5-6(7(8)4-11)3-10(2)9-5/h3,7,11H,4,8H2,1-2H3/t7-/m1/s1. The first kappa shape index (κ1) is 8.23. The molecule has 0 aliphatic carbocycles. The second-order valence-electron chi connectivity index (χ2n) is 2.63. The molecule has 1 heterocycles. The summed E-state index contributed by atoms with van der Waals surface area (Å²) >= 11 is 0. The molecule has 1 rings (SSSR count). The molecule has 62 valence electrons. The molecule has 4 heteroatoms. The lowest BCUT2D eigenvalue weighted by Gasteiger charge is -2.04. The van der Waals surface area contributed by atoms with Crippen molar-refractivity contribution in [2.24, 2.45) is 12.8 Å². The van der Waals surface area contributed by atoms with E-state index in [0.29, 0.717) is 0 Å². The third-order valence-electron chi connectivity index (χ3n) is 1.65. The van der Waals surface area contributed by atoms with Gasteiger partial charge in [-0.15, -0.1) is 0 Å². The van der Waals surface area contributed by atoms with Crippen molar-refractivity contribution in [3.05, 3.63) is 17.5 Å². The fourth-order valence-corrected chi connectivity index (χ4v) is 1.08. The maximum Gasteiger partial charge on any atom is 0.0642 e. The molecule has 0 bridgehead atoms. The van der Waals surface area contributed by atoms with Gasteiger partial charge in [-0.25, -0.2) is 0 Å². The number of aromatic nitrogens is 2. The lowest BCUT2D eigenvalue weighted by atomic mass is 10.1. The van der Waals surface area contributed by atoms with Crippen molar-refractivity contribution in [3.63, 3.8) is 0 Å². The number of aryl methyl sites for hydroxylation is 2. The molecule has 0 aliphatic rings. The van der Waals surface area contributed by atoms with Gasteiger partial charge in [0.2, 0.25) is 0 Å². The summed E-state index contributed by atoms with van der Waals surface area (Å²) in [6, 6.07) is -0.302. The summed E-state index contributed by atoms with van der Waals surface area (Å²) < 4.78 is 1.69. The van der Waals surface area contributed by atoms with E-state index in [4.69, 9.17) is 10.8 Å². The normalized spacial score (nSPS) is 13.5. The second-order valence-corrected chi connectivity index (χ2v) is 2.63. The first-order valence-electron chi connectivity index (χ1n) is 3.51. The first-order chi connectivity index (χ1) is 5.15. The minimum absolute atomic E-state index is 0.0352. The average molecular weight is 155 g/mol. The van der Waals surface area contributed by atoms with Crippen LogP contribution in [0.1, 0.15) is 17.3 Å². The fraction of sp³-hybridized carbons (Fsp3) is 0.571. The minimum Gasteiger partial charge on any atom is -0.394 e. The molecule has 0 unspecified atom stereocenters. The summed E-state index contributed by atoms with van der Waals surface area (Å²) in [5.41, 5.74) is 7.40. The van der Waals surface area contributed by atoms with Gasteiger partial charge in [0.15, 0.2) is 0 Å². The zero-order chi connectivity index (χ0) is 8.43. The molecule has 0 amide bonds. The summed E-state index contributed by atoms with van der Waals surface area (Å²) in [5, 5.41) is 12.9. The van der Waals surface area contributed by atoms with Crippen LogP contribution in [0.15, 0.2) is 6.20 Å². The van der Waals surface area contributed by atoms with E-state index in [0.717, 1.165) is 11.3 Å². The Hall–Kier alpha value is -0.870. The van der Waals surface area contributed by atoms with Gasteiger partial charge in [-0.2, -0.15) is 5.10 Å². The number of hydrogen-bond acceptors (Lipinski definition) is 3. The van der Waals surface area contributed by atoms with Crippen LogP contribution in [0.25, 0.3) is 0 Å². The van der Waals surface area contributed by atoms with Gasteiger partial charge in [-0.05, 0) is 6.92 Å². The van der Waals surface area contributed by atoms with Crippen molar-refractivity contribution in [1.29, 1.82) is 0 Å². The van der Waals surface area contributed by atoms with E-state index in [1.54, 1.807) is 4.68 Å². The number of nitrogens with two attached hydrogens (primary N) is 1. The van der Waals surface area contributed by atoms with E-state index >= 15 is 0 Å². The third kappa shape index (κ3) is 1.58.